The maximum Gasteiger partial charge on any atom is 0.573 e. The molecule has 1 fully saturated rings. The molecule has 1 heterocycles. The molecule has 0 radical (unpaired) electrons. The lowest BCUT2D eigenvalue weighted by Crippen LogP contribution is -2.33. The number of hydrogen-bond donors (Lipinski definition) is 0. The van der Waals surface area contributed by atoms with Gasteiger partial charge < -0.3 is 23.7 Å². The molecule has 0 N–H and O–H groups in total. The van der Waals surface area contributed by atoms with Gasteiger partial charge in [-0.15, -0.1) is 13.2 Å². The molecular formula is C34H27F9O5. The molecule has 1 saturated heterocycles. The van der Waals surface area contributed by atoms with Crippen molar-refractivity contribution >= 4 is 0 Å². The van der Waals surface area contributed by atoms with Gasteiger partial charge in [0.2, 0.25) is 0 Å². The first kappa shape index (κ1) is 35.0. The van der Waals surface area contributed by atoms with Gasteiger partial charge in [-0.2, -0.15) is 8.78 Å². The molecule has 5 rings (SSSR count). The monoisotopic (exact) mass is 686 g/mol. The Bertz CT molecular complexity index is 1700. The maximum atomic E-state index is 15.0. The lowest BCUT2D eigenvalue weighted by molar-refractivity contribution is -0.275. The van der Waals surface area contributed by atoms with Crippen LogP contribution >= 0.6 is 0 Å². The summed E-state index contributed by atoms with van der Waals surface area (Å²) in [6, 6.07) is 11.9. The van der Waals surface area contributed by atoms with Crippen LogP contribution in [0.3, 0.4) is 0 Å². The van der Waals surface area contributed by atoms with Crippen molar-refractivity contribution in [2.45, 2.75) is 44.6 Å². The molecule has 256 valence electrons. The van der Waals surface area contributed by atoms with Crippen molar-refractivity contribution in [1.82, 2.24) is 0 Å². The van der Waals surface area contributed by atoms with Crippen molar-refractivity contribution in [3.8, 4) is 33.8 Å². The van der Waals surface area contributed by atoms with E-state index in [0.29, 0.717) is 61.3 Å². The molecule has 0 unspecified atom stereocenters. The molecule has 0 aromatic heterocycles. The standard InChI is InChI=1S/C34H27F9O5/c1-2-3-12-44-24-17-45-32(46-18-24)20-6-4-19(5-7-20)22-14-28(37)31(29(38)15-22)33(39,40)47-23-9-10-25(26(35)16-23)21-8-11-30(27(36)13-21)48-34(41,42)43/h4-11,13-16,24,32H,2-3,12,17-18H2,1H3. The summed E-state index contributed by atoms with van der Waals surface area (Å²) in [7, 11) is 0. The van der Waals surface area contributed by atoms with Crippen LogP contribution in [-0.4, -0.2) is 32.3 Å². The number of ether oxygens (including phenoxy) is 5. The Morgan fingerprint density at radius 2 is 1.31 bits per heavy atom. The summed E-state index contributed by atoms with van der Waals surface area (Å²) in [6.07, 6.45) is -8.75. The highest BCUT2D eigenvalue weighted by molar-refractivity contribution is 5.66. The minimum atomic E-state index is -5.17. The highest BCUT2D eigenvalue weighted by atomic mass is 19.4. The molecule has 0 amide bonds. The van der Waals surface area contributed by atoms with E-state index in [-0.39, 0.29) is 17.2 Å². The van der Waals surface area contributed by atoms with E-state index in [4.69, 9.17) is 14.2 Å². The fourth-order valence-electron chi connectivity index (χ4n) is 4.89. The Labute approximate surface area is 268 Å². The minimum absolute atomic E-state index is 0.0553. The van der Waals surface area contributed by atoms with Gasteiger partial charge in [-0.05, 0) is 59.5 Å². The molecular weight excluding hydrogens is 659 g/mol. The number of benzene rings is 4. The van der Waals surface area contributed by atoms with Gasteiger partial charge in [0.15, 0.2) is 17.9 Å². The van der Waals surface area contributed by atoms with Gasteiger partial charge in [0.05, 0.1) is 13.2 Å². The molecule has 48 heavy (non-hydrogen) atoms. The summed E-state index contributed by atoms with van der Waals surface area (Å²) in [4.78, 5) is 0. The first-order valence-corrected chi connectivity index (χ1v) is 14.6. The predicted octanol–water partition coefficient (Wildman–Crippen LogP) is 9.83. The highest BCUT2D eigenvalue weighted by Crippen LogP contribution is 2.39. The number of halogens is 9. The van der Waals surface area contributed by atoms with Crippen LogP contribution in [0.2, 0.25) is 0 Å². The van der Waals surface area contributed by atoms with Crippen LogP contribution < -0.4 is 9.47 Å². The van der Waals surface area contributed by atoms with Crippen LogP contribution in [-0.2, 0) is 20.3 Å². The second-order valence-electron chi connectivity index (χ2n) is 10.7. The van der Waals surface area contributed by atoms with Crippen LogP contribution in [0.4, 0.5) is 39.5 Å². The maximum absolute atomic E-state index is 15.0. The zero-order valence-corrected chi connectivity index (χ0v) is 25.1. The van der Waals surface area contributed by atoms with Gasteiger partial charge in [0.25, 0.3) is 0 Å². The van der Waals surface area contributed by atoms with Crippen LogP contribution in [0.1, 0.15) is 37.2 Å². The smallest absolute Gasteiger partial charge is 0.429 e. The Morgan fingerprint density at radius 1 is 0.688 bits per heavy atom. The molecule has 14 heteroatoms. The molecule has 4 aromatic carbocycles. The number of unbranched alkanes of at least 4 members (excludes halogenated alkanes) is 1. The van der Waals surface area contributed by atoms with Gasteiger partial charge >= 0.3 is 12.5 Å². The Kier molecular flexibility index (Phi) is 10.6. The fraction of sp³-hybridized carbons (Fsp3) is 0.294. The van der Waals surface area contributed by atoms with Gasteiger partial charge in [-0.1, -0.05) is 43.7 Å². The average molecular weight is 687 g/mol. The summed E-state index contributed by atoms with van der Waals surface area (Å²) in [5, 5.41) is 0. The van der Waals surface area contributed by atoms with E-state index < -0.39 is 64.7 Å². The second kappa shape index (κ2) is 14.5. The molecule has 4 aromatic rings. The quantitative estimate of drug-likeness (QED) is 0.116. The van der Waals surface area contributed by atoms with Crippen molar-refractivity contribution in [2.24, 2.45) is 0 Å². The average Bonchev–Trinajstić information content (AvgIpc) is 3.01. The number of hydrogen-bond acceptors (Lipinski definition) is 5. The molecule has 0 bridgehead atoms. The number of alkyl halides is 5. The summed E-state index contributed by atoms with van der Waals surface area (Å²) < 4.78 is 151. The SMILES string of the molecule is CCCCOC1COC(c2ccc(-c3cc(F)c(C(F)(F)Oc4ccc(-c5ccc(OC(F)(F)F)c(F)c5)c(F)c4)c(F)c3)cc2)OC1. The fourth-order valence-corrected chi connectivity index (χ4v) is 4.89. The van der Waals surface area contributed by atoms with Crippen molar-refractivity contribution in [1.29, 1.82) is 0 Å². The molecule has 1 aliphatic heterocycles. The summed E-state index contributed by atoms with van der Waals surface area (Å²) in [5.41, 5.74) is -1.50. The third-order valence-electron chi connectivity index (χ3n) is 7.22. The van der Waals surface area contributed by atoms with E-state index in [1.807, 2.05) is 6.92 Å². The third kappa shape index (κ3) is 8.41. The zero-order valence-electron chi connectivity index (χ0n) is 25.1. The molecule has 0 spiro atoms. The minimum Gasteiger partial charge on any atom is -0.429 e. The van der Waals surface area contributed by atoms with Crippen molar-refractivity contribution in [3.63, 3.8) is 0 Å². The van der Waals surface area contributed by atoms with Crippen LogP contribution in [0, 0.1) is 23.3 Å². The van der Waals surface area contributed by atoms with Gasteiger partial charge in [0.1, 0.15) is 34.9 Å². The lowest BCUT2D eigenvalue weighted by atomic mass is 10.0. The lowest BCUT2D eigenvalue weighted by Gasteiger charge is -2.29. The first-order valence-electron chi connectivity index (χ1n) is 14.6. The van der Waals surface area contributed by atoms with Gasteiger partial charge in [-0.3, -0.25) is 0 Å². The van der Waals surface area contributed by atoms with Crippen LogP contribution in [0.25, 0.3) is 22.3 Å². The van der Waals surface area contributed by atoms with E-state index in [2.05, 4.69) is 9.47 Å². The highest BCUT2D eigenvalue weighted by Gasteiger charge is 2.41. The van der Waals surface area contributed by atoms with E-state index in [9.17, 15) is 22.0 Å². The summed E-state index contributed by atoms with van der Waals surface area (Å²) >= 11 is 0. The Balaban J connectivity index is 1.27. The number of rotatable bonds is 11. The largest absolute Gasteiger partial charge is 0.573 e. The first-order chi connectivity index (χ1) is 22.7. The van der Waals surface area contributed by atoms with E-state index in [0.717, 1.165) is 31.0 Å². The van der Waals surface area contributed by atoms with Crippen LogP contribution in [0.15, 0.2) is 72.8 Å². The Morgan fingerprint density at radius 3 is 1.90 bits per heavy atom. The zero-order chi connectivity index (χ0) is 34.6. The normalized spacial score (nSPS) is 17.0. The molecule has 0 saturated carbocycles. The third-order valence-corrected chi connectivity index (χ3v) is 7.22. The topological polar surface area (TPSA) is 46.2 Å². The molecule has 0 atom stereocenters. The van der Waals surface area contributed by atoms with Crippen molar-refractivity contribution in [2.75, 3.05) is 19.8 Å². The van der Waals surface area contributed by atoms with E-state index in [1.165, 1.54) is 12.1 Å². The summed E-state index contributed by atoms with van der Waals surface area (Å²) in [5.74, 6) is -7.99. The molecule has 0 aliphatic carbocycles. The predicted molar refractivity (Wildman–Crippen MR) is 154 cm³/mol. The van der Waals surface area contributed by atoms with Crippen LogP contribution in [0.5, 0.6) is 11.5 Å². The van der Waals surface area contributed by atoms with E-state index in [1.54, 1.807) is 12.1 Å². The van der Waals surface area contributed by atoms with E-state index >= 15 is 17.6 Å². The summed E-state index contributed by atoms with van der Waals surface area (Å²) in [6.45, 7) is 3.28. The van der Waals surface area contributed by atoms with Gasteiger partial charge in [-0.25, -0.2) is 17.6 Å². The van der Waals surface area contributed by atoms with Crippen molar-refractivity contribution < 1.29 is 63.2 Å². The second-order valence-corrected chi connectivity index (χ2v) is 10.7. The van der Waals surface area contributed by atoms with Crippen molar-refractivity contribution in [3.05, 3.63) is 107 Å². The molecule has 1 aliphatic rings. The molecule has 5 nitrogen and oxygen atoms in total. The van der Waals surface area contributed by atoms with Gasteiger partial charge in [0, 0.05) is 23.8 Å². The Hall–Kier alpha value is -4.27.